The fraction of sp³-hybridized carbons (Fsp3) is 0.231. The van der Waals surface area contributed by atoms with Crippen LogP contribution in [0.25, 0.3) is 0 Å². The Hall–Kier alpha value is -0.640. The summed E-state index contributed by atoms with van der Waals surface area (Å²) in [6.45, 7) is 3.24. The number of fused-ring (bicyclic) bond motifs is 1. The third kappa shape index (κ3) is 2.08. The normalized spacial score (nSPS) is 15.3. The molecule has 3 rings (SSSR count). The van der Waals surface area contributed by atoms with Gasteiger partial charge in [0.25, 0.3) is 0 Å². The molecule has 0 radical (unpaired) electrons. The van der Waals surface area contributed by atoms with Gasteiger partial charge < -0.3 is 0 Å². The van der Waals surface area contributed by atoms with Crippen LogP contribution in [-0.2, 0) is 19.6 Å². The zero-order valence-electron chi connectivity index (χ0n) is 8.82. The van der Waals surface area contributed by atoms with E-state index in [4.69, 9.17) is 0 Å². The summed E-state index contributed by atoms with van der Waals surface area (Å²) >= 11 is 5.33. The third-order valence-corrected chi connectivity index (χ3v) is 4.59. The number of nitrogens with zero attached hydrogens (tertiary/aromatic N) is 1. The van der Waals surface area contributed by atoms with Crippen molar-refractivity contribution < 1.29 is 0 Å². The molecule has 82 valence electrons. The van der Waals surface area contributed by atoms with Crippen molar-refractivity contribution in [3.8, 4) is 0 Å². The molecule has 1 aliphatic heterocycles. The minimum atomic E-state index is 1.06. The smallest absolute Gasteiger partial charge is 0.0335 e. The molecule has 0 N–H and O–H groups in total. The van der Waals surface area contributed by atoms with E-state index in [1.54, 1.807) is 0 Å². The summed E-state index contributed by atoms with van der Waals surface area (Å²) in [5.74, 6) is 0. The number of hydrogen-bond acceptors (Lipinski definition) is 2. The van der Waals surface area contributed by atoms with Crippen LogP contribution >= 0.6 is 27.3 Å². The van der Waals surface area contributed by atoms with Gasteiger partial charge in [-0.25, -0.2) is 0 Å². The van der Waals surface area contributed by atoms with Gasteiger partial charge in [-0.1, -0.05) is 24.3 Å². The Morgan fingerprint density at radius 3 is 2.44 bits per heavy atom. The Morgan fingerprint density at radius 2 is 1.88 bits per heavy atom. The minimum absolute atomic E-state index is 1.06. The van der Waals surface area contributed by atoms with Crippen molar-refractivity contribution >= 4 is 27.3 Å². The standard InChI is InChI=1S/C13H12BrNS/c14-12-5-13(16-9-12)8-15-6-10-3-1-2-4-11(10)7-15/h1-5,9H,6-8H2. The molecule has 0 amide bonds. The number of thiophene rings is 1. The number of rotatable bonds is 2. The molecule has 0 fully saturated rings. The van der Waals surface area contributed by atoms with Gasteiger partial charge in [-0.2, -0.15) is 0 Å². The van der Waals surface area contributed by atoms with Crippen molar-refractivity contribution in [1.82, 2.24) is 4.90 Å². The van der Waals surface area contributed by atoms with E-state index in [1.165, 1.54) is 20.5 Å². The minimum Gasteiger partial charge on any atom is -0.290 e. The highest BCUT2D eigenvalue weighted by atomic mass is 79.9. The molecular formula is C13H12BrNS. The molecule has 1 nitrogen and oxygen atoms in total. The van der Waals surface area contributed by atoms with Crippen LogP contribution in [0.5, 0.6) is 0 Å². The Kier molecular flexibility index (Phi) is 2.84. The summed E-state index contributed by atoms with van der Waals surface area (Å²) < 4.78 is 1.20. The fourth-order valence-corrected chi connectivity index (χ4v) is 3.66. The Morgan fingerprint density at radius 1 is 1.19 bits per heavy atom. The number of hydrogen-bond donors (Lipinski definition) is 0. The second-order valence-electron chi connectivity index (χ2n) is 4.15. The van der Waals surface area contributed by atoms with Crippen LogP contribution in [-0.4, -0.2) is 4.90 Å². The van der Waals surface area contributed by atoms with Crippen LogP contribution < -0.4 is 0 Å². The maximum absolute atomic E-state index is 3.50. The van der Waals surface area contributed by atoms with Gasteiger partial charge >= 0.3 is 0 Å². The van der Waals surface area contributed by atoms with Crippen molar-refractivity contribution in [1.29, 1.82) is 0 Å². The van der Waals surface area contributed by atoms with Gasteiger partial charge in [-0.15, -0.1) is 11.3 Å². The predicted octanol–water partition coefficient (Wildman–Crippen LogP) is 4.03. The first-order chi connectivity index (χ1) is 7.81. The molecule has 3 heteroatoms. The first kappa shape index (κ1) is 10.5. The molecule has 1 aliphatic rings. The van der Waals surface area contributed by atoms with E-state index >= 15 is 0 Å². The lowest BCUT2D eigenvalue weighted by atomic mass is 10.1. The van der Waals surface area contributed by atoms with Crippen molar-refractivity contribution in [3.63, 3.8) is 0 Å². The van der Waals surface area contributed by atoms with Crippen molar-refractivity contribution in [2.75, 3.05) is 0 Å². The number of halogens is 1. The fourth-order valence-electron chi connectivity index (χ4n) is 2.17. The summed E-state index contributed by atoms with van der Waals surface area (Å²) in [5, 5.41) is 2.15. The Bertz CT molecular complexity index is 481. The second-order valence-corrected chi connectivity index (χ2v) is 6.06. The van der Waals surface area contributed by atoms with Crippen LogP contribution in [0.4, 0.5) is 0 Å². The van der Waals surface area contributed by atoms with Crippen molar-refractivity contribution in [2.24, 2.45) is 0 Å². The molecule has 2 heterocycles. The van der Waals surface area contributed by atoms with E-state index in [1.807, 2.05) is 11.3 Å². The first-order valence-corrected chi connectivity index (χ1v) is 7.00. The second kappa shape index (κ2) is 4.32. The monoisotopic (exact) mass is 293 g/mol. The molecule has 0 bridgehead atoms. The summed E-state index contributed by atoms with van der Waals surface area (Å²) in [4.78, 5) is 3.92. The third-order valence-electron chi connectivity index (χ3n) is 2.91. The summed E-state index contributed by atoms with van der Waals surface area (Å²) in [6.07, 6.45) is 0. The van der Waals surface area contributed by atoms with Crippen molar-refractivity contribution in [3.05, 3.63) is 56.2 Å². The topological polar surface area (TPSA) is 3.24 Å². The lowest BCUT2D eigenvalue weighted by Gasteiger charge is -2.12. The van der Waals surface area contributed by atoms with E-state index < -0.39 is 0 Å². The lowest BCUT2D eigenvalue weighted by Crippen LogP contribution is -2.14. The van der Waals surface area contributed by atoms with Gasteiger partial charge in [0, 0.05) is 34.4 Å². The maximum atomic E-state index is 3.50. The van der Waals surface area contributed by atoms with Crippen molar-refractivity contribution in [2.45, 2.75) is 19.6 Å². The number of benzene rings is 1. The Labute approximate surface area is 108 Å². The van der Waals surface area contributed by atoms with E-state index in [-0.39, 0.29) is 0 Å². The zero-order valence-corrected chi connectivity index (χ0v) is 11.2. The Balaban J connectivity index is 1.72. The van der Waals surface area contributed by atoms with Crippen LogP contribution in [0.15, 0.2) is 40.2 Å². The molecule has 0 spiro atoms. The molecule has 16 heavy (non-hydrogen) atoms. The quantitative estimate of drug-likeness (QED) is 0.808. The lowest BCUT2D eigenvalue weighted by molar-refractivity contribution is 0.278. The highest BCUT2D eigenvalue weighted by molar-refractivity contribution is 9.10. The molecule has 1 aromatic carbocycles. The van der Waals surface area contributed by atoms with Gasteiger partial charge in [0.1, 0.15) is 0 Å². The molecule has 0 atom stereocenters. The van der Waals surface area contributed by atoms with Crippen LogP contribution in [0.1, 0.15) is 16.0 Å². The van der Waals surface area contributed by atoms with Gasteiger partial charge in [-0.3, -0.25) is 4.90 Å². The van der Waals surface area contributed by atoms with Crippen LogP contribution in [0, 0.1) is 0 Å². The summed E-state index contributed by atoms with van der Waals surface area (Å²) in [6, 6.07) is 10.9. The van der Waals surface area contributed by atoms with E-state index in [9.17, 15) is 0 Å². The average Bonchev–Trinajstić information content (AvgIpc) is 2.84. The van der Waals surface area contributed by atoms with E-state index in [0.29, 0.717) is 0 Å². The molecular weight excluding hydrogens is 282 g/mol. The highest BCUT2D eigenvalue weighted by Crippen LogP contribution is 2.27. The van der Waals surface area contributed by atoms with E-state index in [2.05, 4.69) is 56.5 Å². The van der Waals surface area contributed by atoms with Gasteiger partial charge in [0.05, 0.1) is 0 Å². The molecule has 0 unspecified atom stereocenters. The highest BCUT2D eigenvalue weighted by Gasteiger charge is 2.18. The van der Waals surface area contributed by atoms with Crippen LogP contribution in [0.3, 0.4) is 0 Å². The average molecular weight is 294 g/mol. The molecule has 2 aromatic rings. The SMILES string of the molecule is Brc1csc(CN2Cc3ccccc3C2)c1. The summed E-state index contributed by atoms with van der Waals surface area (Å²) in [5.41, 5.74) is 2.97. The van der Waals surface area contributed by atoms with Gasteiger partial charge in [-0.05, 0) is 33.1 Å². The molecule has 0 aliphatic carbocycles. The zero-order chi connectivity index (χ0) is 11.0. The molecule has 0 saturated heterocycles. The van der Waals surface area contributed by atoms with E-state index in [0.717, 1.165) is 19.6 Å². The van der Waals surface area contributed by atoms with Gasteiger partial charge in [0.15, 0.2) is 0 Å². The summed E-state index contributed by atoms with van der Waals surface area (Å²) in [7, 11) is 0. The van der Waals surface area contributed by atoms with Gasteiger partial charge in [0.2, 0.25) is 0 Å². The molecule has 1 aromatic heterocycles. The maximum Gasteiger partial charge on any atom is 0.0335 e. The van der Waals surface area contributed by atoms with Crippen LogP contribution in [0.2, 0.25) is 0 Å². The predicted molar refractivity (Wildman–Crippen MR) is 71.4 cm³/mol. The molecule has 0 saturated carbocycles. The largest absolute Gasteiger partial charge is 0.290 e. The first-order valence-electron chi connectivity index (χ1n) is 5.33.